The van der Waals surface area contributed by atoms with Gasteiger partial charge in [0.25, 0.3) is 5.91 Å². The molecule has 1 saturated carbocycles. The number of carbonyl (C=O) groups excluding carboxylic acids is 1. The molecule has 1 heterocycles. The van der Waals surface area contributed by atoms with Crippen LogP contribution in [0.5, 0.6) is 0 Å². The highest BCUT2D eigenvalue weighted by Crippen LogP contribution is 2.38. The molecule has 2 aromatic carbocycles. The molecule has 0 spiro atoms. The number of aromatic amines is 1. The lowest BCUT2D eigenvalue weighted by Crippen LogP contribution is -2.41. The van der Waals surface area contributed by atoms with Crippen LogP contribution in [0.4, 0.5) is 0 Å². The molecule has 0 bridgehead atoms. The van der Waals surface area contributed by atoms with Gasteiger partial charge in [-0.1, -0.05) is 48.5 Å². The van der Waals surface area contributed by atoms with E-state index in [1.165, 1.54) is 6.07 Å². The Bertz CT molecular complexity index is 991. The van der Waals surface area contributed by atoms with Crippen molar-refractivity contribution in [1.29, 1.82) is 0 Å². The van der Waals surface area contributed by atoms with Gasteiger partial charge in [-0.25, -0.2) is 0 Å². The first kappa shape index (κ1) is 16.5. The molecule has 0 aliphatic heterocycles. The van der Waals surface area contributed by atoms with Gasteiger partial charge in [-0.3, -0.25) is 9.59 Å². The Morgan fingerprint density at radius 2 is 1.77 bits per heavy atom. The van der Waals surface area contributed by atoms with E-state index in [-0.39, 0.29) is 29.5 Å². The number of fused-ring (bicyclic) bond motifs is 1. The number of pyridine rings is 1. The van der Waals surface area contributed by atoms with E-state index in [9.17, 15) is 14.7 Å². The fourth-order valence-electron chi connectivity index (χ4n) is 3.65. The Morgan fingerprint density at radius 1 is 1.08 bits per heavy atom. The molecule has 3 N–H and O–H groups in total. The van der Waals surface area contributed by atoms with Crippen molar-refractivity contribution in [2.45, 2.75) is 25.0 Å². The van der Waals surface area contributed by atoms with Gasteiger partial charge in [0.2, 0.25) is 5.56 Å². The van der Waals surface area contributed by atoms with Crippen LogP contribution < -0.4 is 10.9 Å². The van der Waals surface area contributed by atoms with E-state index >= 15 is 0 Å². The van der Waals surface area contributed by atoms with Gasteiger partial charge in [-0.2, -0.15) is 0 Å². The maximum atomic E-state index is 13.0. The number of amides is 1. The van der Waals surface area contributed by atoms with Crippen LogP contribution in [0.1, 0.15) is 34.8 Å². The van der Waals surface area contributed by atoms with Gasteiger partial charge >= 0.3 is 0 Å². The van der Waals surface area contributed by atoms with Crippen LogP contribution in [0.3, 0.4) is 0 Å². The average molecular weight is 348 g/mol. The topological polar surface area (TPSA) is 82.2 Å². The molecule has 1 atom stereocenters. The van der Waals surface area contributed by atoms with Crippen molar-refractivity contribution in [3.05, 3.63) is 82.1 Å². The zero-order chi connectivity index (χ0) is 18.1. The second-order valence-electron chi connectivity index (χ2n) is 6.84. The number of para-hydroxylation sites is 1. The standard InChI is InChI=1S/C21H20N2O3/c24-15-10-14(11-15)20(13-6-2-1-3-7-13)23-21(26)17-12-19(25)22-18-9-5-4-8-16(17)18/h1-9,12,14-15,20,24H,10-11H2,(H,22,25)(H,23,26). The minimum atomic E-state index is -0.302. The summed E-state index contributed by atoms with van der Waals surface area (Å²) < 4.78 is 0. The van der Waals surface area contributed by atoms with Crippen LogP contribution in [0.2, 0.25) is 0 Å². The summed E-state index contributed by atoms with van der Waals surface area (Å²) in [5, 5.41) is 13.5. The van der Waals surface area contributed by atoms with Crippen molar-refractivity contribution in [2.24, 2.45) is 5.92 Å². The number of benzene rings is 2. The summed E-state index contributed by atoms with van der Waals surface area (Å²) in [6, 6.07) is 18.2. The zero-order valence-electron chi connectivity index (χ0n) is 14.2. The first-order chi connectivity index (χ1) is 12.6. The second kappa shape index (κ2) is 6.77. The summed E-state index contributed by atoms with van der Waals surface area (Å²) in [6.07, 6.45) is 1.02. The van der Waals surface area contributed by atoms with Gasteiger partial charge in [-0.05, 0) is 30.4 Å². The molecule has 1 unspecified atom stereocenters. The number of carbonyl (C=O) groups is 1. The third-order valence-electron chi connectivity index (χ3n) is 5.06. The van der Waals surface area contributed by atoms with Crippen molar-refractivity contribution in [2.75, 3.05) is 0 Å². The fourth-order valence-corrected chi connectivity index (χ4v) is 3.65. The van der Waals surface area contributed by atoms with Gasteiger partial charge in [0, 0.05) is 17.0 Å². The van der Waals surface area contributed by atoms with Crippen molar-refractivity contribution >= 4 is 16.8 Å². The van der Waals surface area contributed by atoms with Gasteiger partial charge in [0.05, 0.1) is 17.7 Å². The first-order valence-corrected chi connectivity index (χ1v) is 8.78. The number of rotatable bonds is 4. The lowest BCUT2D eigenvalue weighted by atomic mass is 9.75. The normalized spacial score (nSPS) is 20.3. The molecule has 132 valence electrons. The van der Waals surface area contributed by atoms with E-state index in [0.717, 1.165) is 5.56 Å². The summed E-state index contributed by atoms with van der Waals surface area (Å²) in [5.74, 6) is -0.0906. The number of hydrogen-bond acceptors (Lipinski definition) is 3. The van der Waals surface area contributed by atoms with Crippen molar-refractivity contribution < 1.29 is 9.90 Å². The highest BCUT2D eigenvalue weighted by molar-refractivity contribution is 6.06. The molecule has 5 heteroatoms. The van der Waals surface area contributed by atoms with Crippen LogP contribution in [-0.2, 0) is 0 Å². The number of aliphatic hydroxyl groups excluding tert-OH is 1. The molecule has 1 aliphatic rings. The molecule has 0 radical (unpaired) electrons. The quantitative estimate of drug-likeness (QED) is 0.678. The third kappa shape index (κ3) is 3.13. The van der Waals surface area contributed by atoms with Gasteiger partial charge in [0.15, 0.2) is 0 Å². The first-order valence-electron chi connectivity index (χ1n) is 8.78. The van der Waals surface area contributed by atoms with Crippen molar-refractivity contribution in [3.63, 3.8) is 0 Å². The lowest BCUT2D eigenvalue weighted by Gasteiger charge is -2.38. The average Bonchev–Trinajstić information content (AvgIpc) is 2.63. The molecule has 1 aliphatic carbocycles. The molecular formula is C21H20N2O3. The summed E-state index contributed by atoms with van der Waals surface area (Å²) in [7, 11) is 0. The fraction of sp³-hybridized carbons (Fsp3) is 0.238. The van der Waals surface area contributed by atoms with E-state index in [1.54, 1.807) is 6.07 Å². The maximum absolute atomic E-state index is 13.0. The molecule has 1 aromatic heterocycles. The highest BCUT2D eigenvalue weighted by atomic mass is 16.3. The molecule has 0 saturated heterocycles. The van der Waals surface area contributed by atoms with Crippen LogP contribution in [0.25, 0.3) is 10.9 Å². The summed E-state index contributed by atoms with van der Waals surface area (Å²) in [6.45, 7) is 0. The Morgan fingerprint density at radius 3 is 2.50 bits per heavy atom. The van der Waals surface area contributed by atoms with Crippen LogP contribution >= 0.6 is 0 Å². The van der Waals surface area contributed by atoms with Gasteiger partial charge < -0.3 is 15.4 Å². The van der Waals surface area contributed by atoms with Crippen LogP contribution in [-0.4, -0.2) is 22.1 Å². The van der Waals surface area contributed by atoms with Crippen LogP contribution in [0, 0.1) is 5.92 Å². The number of aliphatic hydroxyl groups is 1. The highest BCUT2D eigenvalue weighted by Gasteiger charge is 2.35. The SMILES string of the molecule is O=C(NC(c1ccccc1)C1CC(O)C1)c1cc(=O)[nH]c2ccccc12. The largest absolute Gasteiger partial charge is 0.393 e. The third-order valence-corrected chi connectivity index (χ3v) is 5.06. The maximum Gasteiger partial charge on any atom is 0.252 e. The second-order valence-corrected chi connectivity index (χ2v) is 6.84. The number of aromatic nitrogens is 1. The summed E-state index contributed by atoms with van der Waals surface area (Å²) >= 11 is 0. The molecule has 1 amide bonds. The monoisotopic (exact) mass is 348 g/mol. The molecule has 26 heavy (non-hydrogen) atoms. The van der Waals surface area contributed by atoms with E-state index < -0.39 is 0 Å². The Labute approximate surface area is 150 Å². The summed E-state index contributed by atoms with van der Waals surface area (Å²) in [5.41, 5.74) is 1.71. The molecule has 1 fully saturated rings. The zero-order valence-corrected chi connectivity index (χ0v) is 14.2. The Balaban J connectivity index is 1.68. The number of hydrogen-bond donors (Lipinski definition) is 3. The number of nitrogens with one attached hydrogen (secondary N) is 2. The lowest BCUT2D eigenvalue weighted by molar-refractivity contribution is 0.0235. The number of H-pyrrole nitrogens is 1. The predicted molar refractivity (Wildman–Crippen MR) is 99.9 cm³/mol. The van der Waals surface area contributed by atoms with Crippen molar-refractivity contribution in [1.82, 2.24) is 10.3 Å². The van der Waals surface area contributed by atoms with E-state index in [1.807, 2.05) is 48.5 Å². The van der Waals surface area contributed by atoms with Gasteiger partial charge in [0.1, 0.15) is 0 Å². The van der Waals surface area contributed by atoms with Gasteiger partial charge in [-0.15, -0.1) is 0 Å². The molecular weight excluding hydrogens is 328 g/mol. The molecule has 4 rings (SSSR count). The predicted octanol–water partition coefficient (Wildman–Crippen LogP) is 2.77. The van der Waals surface area contributed by atoms with Crippen LogP contribution in [0.15, 0.2) is 65.5 Å². The summed E-state index contributed by atoms with van der Waals surface area (Å²) in [4.78, 5) is 27.7. The smallest absolute Gasteiger partial charge is 0.252 e. The van der Waals surface area contributed by atoms with E-state index in [2.05, 4.69) is 10.3 Å². The Kier molecular flexibility index (Phi) is 4.31. The minimum Gasteiger partial charge on any atom is -0.393 e. The Hall–Kier alpha value is -2.92. The molecule has 3 aromatic rings. The van der Waals surface area contributed by atoms with Crippen molar-refractivity contribution in [3.8, 4) is 0 Å². The molecule has 5 nitrogen and oxygen atoms in total. The van der Waals surface area contributed by atoms with E-state index in [4.69, 9.17) is 0 Å². The minimum absolute atomic E-state index is 0.185. The van der Waals surface area contributed by atoms with E-state index in [0.29, 0.717) is 29.3 Å².